The van der Waals surface area contributed by atoms with Crippen LogP contribution in [0.4, 0.5) is 0 Å². The number of hydrogen-bond donors (Lipinski definition) is 1. The van der Waals surface area contributed by atoms with Crippen molar-refractivity contribution in [2.45, 2.75) is 37.9 Å². The molecule has 1 aromatic rings. The quantitative estimate of drug-likeness (QED) is 0.864. The highest BCUT2D eigenvalue weighted by atomic mass is 32.2. The lowest BCUT2D eigenvalue weighted by molar-refractivity contribution is -0.142. The van der Waals surface area contributed by atoms with Crippen LogP contribution < -0.4 is 0 Å². The van der Waals surface area contributed by atoms with Crippen LogP contribution >= 0.6 is 0 Å². The molecular formula is C11H17N3O4S. The van der Waals surface area contributed by atoms with Crippen LogP contribution in [0.15, 0.2) is 17.6 Å². The molecule has 0 radical (unpaired) electrons. The molecule has 0 saturated carbocycles. The molecular weight excluding hydrogens is 270 g/mol. The molecule has 7 nitrogen and oxygen atoms in total. The van der Waals surface area contributed by atoms with Gasteiger partial charge in [0.2, 0.25) is 0 Å². The van der Waals surface area contributed by atoms with Crippen molar-refractivity contribution < 1.29 is 18.3 Å². The minimum atomic E-state index is -3.71. The zero-order valence-corrected chi connectivity index (χ0v) is 11.7. The van der Waals surface area contributed by atoms with Crippen molar-refractivity contribution >= 4 is 16.0 Å². The Bertz CT molecular complexity index is 581. The summed E-state index contributed by atoms with van der Waals surface area (Å²) in [4.78, 5) is 14.9. The Morgan fingerprint density at radius 3 is 2.74 bits per heavy atom. The number of carboxylic acid groups (broad SMARTS) is 1. The fourth-order valence-electron chi connectivity index (χ4n) is 2.35. The van der Waals surface area contributed by atoms with Crippen LogP contribution in [0.25, 0.3) is 0 Å². The van der Waals surface area contributed by atoms with E-state index >= 15 is 0 Å². The number of aryl methyl sites for hydroxylation is 1. The Labute approximate surface area is 111 Å². The van der Waals surface area contributed by atoms with E-state index < -0.39 is 28.0 Å². The molecule has 1 N–H and O–H groups in total. The summed E-state index contributed by atoms with van der Waals surface area (Å²) in [6.07, 6.45) is 3.27. The van der Waals surface area contributed by atoms with Gasteiger partial charge in [-0.15, -0.1) is 0 Å². The number of carboxylic acids is 1. The number of aromatic nitrogens is 2. The van der Waals surface area contributed by atoms with Crippen molar-refractivity contribution in [3.63, 3.8) is 0 Å². The number of hydrogen-bond acceptors (Lipinski definition) is 4. The Hall–Kier alpha value is -1.41. The molecule has 8 heteroatoms. The minimum Gasteiger partial charge on any atom is -0.481 e. The maximum absolute atomic E-state index is 12.4. The van der Waals surface area contributed by atoms with Gasteiger partial charge in [0, 0.05) is 25.3 Å². The number of aliphatic carboxylic acids is 1. The van der Waals surface area contributed by atoms with Crippen molar-refractivity contribution in [2.24, 2.45) is 5.92 Å². The number of sulfonamides is 1. The molecule has 1 fully saturated rings. The summed E-state index contributed by atoms with van der Waals surface area (Å²) in [7, 11) is -3.71. The summed E-state index contributed by atoms with van der Waals surface area (Å²) in [5.74, 6) is -1.60. The van der Waals surface area contributed by atoms with Gasteiger partial charge >= 0.3 is 5.97 Å². The molecule has 2 atom stereocenters. The van der Waals surface area contributed by atoms with Crippen molar-refractivity contribution in [3.8, 4) is 0 Å². The normalized spacial score (nSPS) is 24.7. The lowest BCUT2D eigenvalue weighted by Gasteiger charge is -2.21. The van der Waals surface area contributed by atoms with Gasteiger partial charge in [-0.1, -0.05) is 0 Å². The molecule has 0 bridgehead atoms. The Kier molecular flexibility index (Phi) is 3.64. The fraction of sp³-hybridized carbons (Fsp3) is 0.636. The molecule has 19 heavy (non-hydrogen) atoms. The van der Waals surface area contributed by atoms with Crippen LogP contribution in [0.5, 0.6) is 0 Å². The molecule has 0 spiro atoms. The predicted molar refractivity (Wildman–Crippen MR) is 67.0 cm³/mol. The first kappa shape index (κ1) is 14.0. The molecule has 2 heterocycles. The zero-order chi connectivity index (χ0) is 14.2. The second-order valence-corrected chi connectivity index (χ2v) is 6.47. The number of rotatable bonds is 4. The van der Waals surface area contributed by atoms with Crippen LogP contribution in [0.2, 0.25) is 0 Å². The van der Waals surface area contributed by atoms with E-state index in [1.807, 2.05) is 6.92 Å². The molecule has 106 valence electrons. The van der Waals surface area contributed by atoms with Gasteiger partial charge < -0.3 is 9.67 Å². The van der Waals surface area contributed by atoms with Crippen LogP contribution in [0.1, 0.15) is 20.3 Å². The van der Waals surface area contributed by atoms with Crippen molar-refractivity contribution in [2.75, 3.05) is 6.54 Å². The second-order valence-electron chi connectivity index (χ2n) is 4.63. The van der Waals surface area contributed by atoms with E-state index in [1.54, 1.807) is 11.5 Å². The van der Waals surface area contributed by atoms with Gasteiger partial charge in [-0.3, -0.25) is 4.79 Å². The average molecular weight is 287 g/mol. The summed E-state index contributed by atoms with van der Waals surface area (Å²) in [5, 5.41) is 9.02. The Balaban J connectivity index is 2.28. The molecule has 1 aromatic heterocycles. The van der Waals surface area contributed by atoms with Gasteiger partial charge in [-0.2, -0.15) is 4.31 Å². The van der Waals surface area contributed by atoms with Gasteiger partial charge in [0.15, 0.2) is 5.03 Å². The third-order valence-corrected chi connectivity index (χ3v) is 5.43. The predicted octanol–water partition coefficient (Wildman–Crippen LogP) is 0.387. The largest absolute Gasteiger partial charge is 0.481 e. The maximum Gasteiger partial charge on any atom is 0.308 e. The minimum absolute atomic E-state index is 0.0211. The summed E-state index contributed by atoms with van der Waals surface area (Å²) in [5.41, 5.74) is 0. The van der Waals surface area contributed by atoms with Gasteiger partial charge in [0.25, 0.3) is 10.0 Å². The first-order chi connectivity index (χ1) is 8.87. The lowest BCUT2D eigenvalue weighted by atomic mass is 10.0. The van der Waals surface area contributed by atoms with Crippen LogP contribution in [-0.4, -0.2) is 45.9 Å². The van der Waals surface area contributed by atoms with Crippen LogP contribution in [-0.2, 0) is 21.4 Å². The average Bonchev–Trinajstić information content (AvgIpc) is 2.94. The van der Waals surface area contributed by atoms with E-state index in [9.17, 15) is 13.2 Å². The monoisotopic (exact) mass is 287 g/mol. The van der Waals surface area contributed by atoms with E-state index in [2.05, 4.69) is 4.98 Å². The second kappa shape index (κ2) is 4.93. The molecule has 1 saturated heterocycles. The molecule has 1 aliphatic heterocycles. The van der Waals surface area contributed by atoms with Crippen molar-refractivity contribution in [1.82, 2.24) is 13.9 Å². The maximum atomic E-state index is 12.4. The van der Waals surface area contributed by atoms with Crippen molar-refractivity contribution in [3.05, 3.63) is 12.5 Å². The summed E-state index contributed by atoms with van der Waals surface area (Å²) >= 11 is 0. The highest BCUT2D eigenvalue weighted by molar-refractivity contribution is 7.89. The molecule has 2 unspecified atom stereocenters. The standard InChI is InChI=1S/C11H17N3O4S/c1-3-13-6-10(12-7-13)19(17,18)14-5-4-9(8(14)2)11(15)16/h6-9H,3-5H2,1-2H3,(H,15,16). The zero-order valence-electron chi connectivity index (χ0n) is 10.9. The molecule has 1 aliphatic rings. The van der Waals surface area contributed by atoms with Gasteiger partial charge in [-0.05, 0) is 20.3 Å². The van der Waals surface area contributed by atoms with E-state index in [0.29, 0.717) is 13.0 Å². The fourth-order valence-corrected chi connectivity index (χ4v) is 3.97. The molecule has 0 amide bonds. The Morgan fingerprint density at radius 2 is 2.26 bits per heavy atom. The van der Waals surface area contributed by atoms with Gasteiger partial charge in [-0.25, -0.2) is 13.4 Å². The first-order valence-corrected chi connectivity index (χ1v) is 7.58. The van der Waals surface area contributed by atoms with Crippen LogP contribution in [0.3, 0.4) is 0 Å². The smallest absolute Gasteiger partial charge is 0.308 e. The van der Waals surface area contributed by atoms with Gasteiger partial charge in [0.05, 0.1) is 12.2 Å². The number of carbonyl (C=O) groups is 1. The van der Waals surface area contributed by atoms with Crippen LogP contribution in [0, 0.1) is 5.92 Å². The summed E-state index contributed by atoms with van der Waals surface area (Å²) < 4.78 is 27.7. The molecule has 2 rings (SSSR count). The van der Waals surface area contributed by atoms with E-state index in [4.69, 9.17) is 5.11 Å². The summed E-state index contributed by atoms with van der Waals surface area (Å²) in [6, 6.07) is -0.547. The van der Waals surface area contributed by atoms with Gasteiger partial charge in [0.1, 0.15) is 0 Å². The molecule has 0 aromatic carbocycles. The number of nitrogens with zero attached hydrogens (tertiary/aromatic N) is 3. The SMILES string of the molecule is CCn1cnc(S(=O)(=O)N2CCC(C(=O)O)C2C)c1. The first-order valence-electron chi connectivity index (χ1n) is 6.14. The van der Waals surface area contributed by atoms with Crippen molar-refractivity contribution in [1.29, 1.82) is 0 Å². The number of imidazole rings is 1. The molecule has 0 aliphatic carbocycles. The highest BCUT2D eigenvalue weighted by Crippen LogP contribution is 2.29. The summed E-state index contributed by atoms with van der Waals surface area (Å²) in [6.45, 7) is 4.37. The topological polar surface area (TPSA) is 92.5 Å². The van der Waals surface area contributed by atoms with E-state index in [0.717, 1.165) is 0 Å². The van der Waals surface area contributed by atoms with E-state index in [-0.39, 0.29) is 11.6 Å². The van der Waals surface area contributed by atoms with E-state index in [1.165, 1.54) is 16.8 Å². The lowest BCUT2D eigenvalue weighted by Crippen LogP contribution is -2.37. The third-order valence-electron chi connectivity index (χ3n) is 3.56. The third kappa shape index (κ3) is 2.37. The Morgan fingerprint density at radius 1 is 1.58 bits per heavy atom. The highest BCUT2D eigenvalue weighted by Gasteiger charge is 2.42.